The zero-order valence-corrected chi connectivity index (χ0v) is 39.4. The minimum atomic E-state index is -4.31. The smallest absolute Gasteiger partial charge is 0.355 e. The molecule has 9 rings (SSSR count). The first kappa shape index (κ1) is 46.2. The lowest BCUT2D eigenvalue weighted by molar-refractivity contribution is -0.192. The average Bonchev–Trinajstić information content (AvgIpc) is 3.71. The fourth-order valence-corrected chi connectivity index (χ4v) is 11.0. The highest BCUT2D eigenvalue weighted by molar-refractivity contribution is 7.89. The summed E-state index contributed by atoms with van der Waals surface area (Å²) in [7, 11) is -4.31. The molecule has 1 N–H and O–H groups in total. The van der Waals surface area contributed by atoms with Crippen molar-refractivity contribution in [3.63, 3.8) is 0 Å². The number of hydrogen-bond acceptors (Lipinski definition) is 11. The molecule has 0 unspecified atom stereocenters. The van der Waals surface area contributed by atoms with E-state index in [1.165, 1.54) is 12.1 Å². The second-order valence-electron chi connectivity index (χ2n) is 18.4. The Kier molecular flexibility index (Phi) is 12.2. The van der Waals surface area contributed by atoms with Gasteiger partial charge in [-0.25, -0.2) is 18.2 Å². The maximum absolute atomic E-state index is 14.8. The van der Waals surface area contributed by atoms with Crippen LogP contribution in [0.1, 0.15) is 80.8 Å². The number of ketones is 1. The molecule has 15 heteroatoms. The number of amides is 1. The first-order chi connectivity index (χ1) is 32.5. The number of rotatable bonds is 13. The van der Waals surface area contributed by atoms with Gasteiger partial charge in [0.05, 0.1) is 40.5 Å². The van der Waals surface area contributed by atoms with Crippen molar-refractivity contribution in [2.45, 2.75) is 96.5 Å². The molecule has 3 aliphatic rings. The van der Waals surface area contributed by atoms with Crippen molar-refractivity contribution in [3.05, 3.63) is 147 Å². The highest BCUT2D eigenvalue weighted by atomic mass is 32.2. The number of nitrogens with one attached hydrogen (secondary N) is 1. The van der Waals surface area contributed by atoms with Gasteiger partial charge in [-0.2, -0.15) is 4.31 Å². The largest absolute Gasteiger partial charge is 0.494 e. The number of ether oxygens (including phenoxy) is 3. The molecule has 5 heterocycles. The highest BCUT2D eigenvalue weighted by Crippen LogP contribution is 2.43. The van der Waals surface area contributed by atoms with E-state index < -0.39 is 56.3 Å². The molecule has 6 aromatic rings. The molecular weight excluding hydrogens is 885 g/mol. The molecule has 0 saturated heterocycles. The van der Waals surface area contributed by atoms with Gasteiger partial charge in [0.2, 0.25) is 21.4 Å². The van der Waals surface area contributed by atoms with Crippen LogP contribution in [-0.2, 0) is 76.8 Å². The van der Waals surface area contributed by atoms with Crippen LogP contribution in [0.25, 0.3) is 33.4 Å². The minimum absolute atomic E-state index is 0.00658. The average molecular weight is 937 g/mol. The quantitative estimate of drug-likeness (QED) is 0.0704. The second-order valence-corrected chi connectivity index (χ2v) is 20.3. The number of benzene rings is 4. The predicted octanol–water partition coefficient (Wildman–Crippen LogP) is 7.18. The number of sulfonamides is 1. The zero-order chi connectivity index (χ0) is 48.1. The Morgan fingerprint density at radius 3 is 2.28 bits per heavy atom. The summed E-state index contributed by atoms with van der Waals surface area (Å²) in [6, 6.07) is 29.2. The number of esters is 2. The Balaban J connectivity index is 1.01. The van der Waals surface area contributed by atoms with Gasteiger partial charge >= 0.3 is 11.9 Å². The van der Waals surface area contributed by atoms with E-state index in [-0.39, 0.29) is 61.7 Å². The summed E-state index contributed by atoms with van der Waals surface area (Å²) in [5, 5.41) is 3.50. The van der Waals surface area contributed by atoms with Gasteiger partial charge in [-0.3, -0.25) is 19.2 Å². The molecule has 4 aromatic carbocycles. The van der Waals surface area contributed by atoms with Crippen LogP contribution in [0, 0.1) is 5.41 Å². The molecule has 3 aliphatic heterocycles. The van der Waals surface area contributed by atoms with Crippen LogP contribution in [0.2, 0.25) is 0 Å². The van der Waals surface area contributed by atoms with E-state index in [4.69, 9.17) is 19.2 Å². The Morgan fingerprint density at radius 1 is 0.868 bits per heavy atom. The molecule has 2 aromatic heterocycles. The number of Topliss-reactive ketones (excluding diaryl/α,β-unsaturated/α-hetero) is 1. The number of aromatic nitrogens is 2. The van der Waals surface area contributed by atoms with E-state index in [2.05, 4.69) is 5.32 Å². The molecule has 2 atom stereocenters. The molecule has 0 radical (unpaired) electrons. The van der Waals surface area contributed by atoms with Crippen molar-refractivity contribution in [1.82, 2.24) is 19.2 Å². The van der Waals surface area contributed by atoms with Crippen molar-refractivity contribution in [3.8, 4) is 28.3 Å². The van der Waals surface area contributed by atoms with Crippen LogP contribution >= 0.6 is 0 Å². The molecule has 0 bridgehead atoms. The van der Waals surface area contributed by atoms with E-state index in [0.29, 0.717) is 35.5 Å². The summed E-state index contributed by atoms with van der Waals surface area (Å²) in [6.07, 6.45) is 0.955. The lowest BCUT2D eigenvalue weighted by Crippen LogP contribution is -2.53. The fraction of sp³-hybridized carbons (Fsp3) is 0.321. The van der Waals surface area contributed by atoms with Gasteiger partial charge in [-0.05, 0) is 83.5 Å². The van der Waals surface area contributed by atoms with Crippen LogP contribution < -0.4 is 15.6 Å². The van der Waals surface area contributed by atoms with E-state index in [0.717, 1.165) is 43.1 Å². The number of nitrogens with zero attached hydrogens (tertiary/aromatic N) is 3. The third-order valence-electron chi connectivity index (χ3n) is 13.2. The third kappa shape index (κ3) is 8.17. The van der Waals surface area contributed by atoms with Gasteiger partial charge < -0.3 is 24.1 Å². The van der Waals surface area contributed by atoms with Gasteiger partial charge in [0.15, 0.2) is 0 Å². The Hall–Kier alpha value is -6.97. The molecule has 0 spiro atoms. The highest BCUT2D eigenvalue weighted by Gasteiger charge is 2.53. The summed E-state index contributed by atoms with van der Waals surface area (Å²) in [4.78, 5) is 73.0. The maximum atomic E-state index is 14.8. The molecular formula is C53H52N4O10S. The van der Waals surface area contributed by atoms with Crippen molar-refractivity contribution >= 4 is 44.6 Å². The summed E-state index contributed by atoms with van der Waals surface area (Å²) in [5.41, 5.74) is 3.76. The SMILES string of the molecule is CCc1c2c(nc3ccc(OCCCNC(=O)C(=O)C(C)(C)C)cc13)-c1cc3c(c(=O)n1C2)COC(=O)[C@@]3(CC)OC(=O)[C@H]1Cc2ccccc2CN1S(=O)(=O)c1ccc(-c2ccccc2)cc1. The van der Waals surface area contributed by atoms with E-state index in [1.807, 2.05) is 73.7 Å². The van der Waals surface area contributed by atoms with E-state index in [9.17, 15) is 32.4 Å². The number of cyclic esters (lactones) is 1. The van der Waals surface area contributed by atoms with Crippen molar-refractivity contribution < 1.29 is 41.8 Å². The van der Waals surface area contributed by atoms with Gasteiger partial charge in [0, 0.05) is 41.4 Å². The van der Waals surface area contributed by atoms with Gasteiger partial charge in [-0.1, -0.05) is 101 Å². The molecule has 0 aliphatic carbocycles. The first-order valence-corrected chi connectivity index (χ1v) is 24.3. The first-order valence-electron chi connectivity index (χ1n) is 22.9. The normalized spacial score (nSPS) is 17.6. The molecule has 0 fully saturated rings. The van der Waals surface area contributed by atoms with Crippen molar-refractivity contribution in [2.75, 3.05) is 13.2 Å². The topological polar surface area (TPSA) is 180 Å². The summed E-state index contributed by atoms with van der Waals surface area (Å²) >= 11 is 0. The molecule has 0 saturated carbocycles. The lowest BCUT2D eigenvalue weighted by Gasteiger charge is -2.39. The van der Waals surface area contributed by atoms with Gasteiger partial charge in [0.1, 0.15) is 18.4 Å². The predicted molar refractivity (Wildman–Crippen MR) is 254 cm³/mol. The number of carbonyl (C=O) groups is 4. The molecule has 68 heavy (non-hydrogen) atoms. The number of hydrogen-bond donors (Lipinski definition) is 1. The van der Waals surface area contributed by atoms with Gasteiger partial charge in [-0.15, -0.1) is 0 Å². The van der Waals surface area contributed by atoms with Crippen LogP contribution in [0.3, 0.4) is 0 Å². The molecule has 350 valence electrons. The van der Waals surface area contributed by atoms with Crippen molar-refractivity contribution in [2.24, 2.45) is 5.41 Å². The monoisotopic (exact) mass is 936 g/mol. The number of aryl methyl sites for hydroxylation is 1. The number of fused-ring (bicyclic) bond motifs is 6. The summed E-state index contributed by atoms with van der Waals surface area (Å²) in [5.74, 6) is -2.32. The number of carbonyl (C=O) groups excluding carboxylic acids is 4. The maximum Gasteiger partial charge on any atom is 0.355 e. The Bertz CT molecular complexity index is 3200. The lowest BCUT2D eigenvalue weighted by atomic mass is 9.85. The van der Waals surface area contributed by atoms with E-state index >= 15 is 0 Å². The zero-order valence-electron chi connectivity index (χ0n) is 38.6. The third-order valence-corrected chi connectivity index (χ3v) is 15.1. The Labute approximate surface area is 394 Å². The van der Waals surface area contributed by atoms with Crippen LogP contribution in [0.5, 0.6) is 5.75 Å². The van der Waals surface area contributed by atoms with Crippen molar-refractivity contribution in [1.29, 1.82) is 0 Å². The molecule has 1 amide bonds. The van der Waals surface area contributed by atoms with Gasteiger partial charge in [0.25, 0.3) is 11.5 Å². The van der Waals surface area contributed by atoms with Crippen LogP contribution in [0.15, 0.2) is 113 Å². The Morgan fingerprint density at radius 2 is 1.57 bits per heavy atom. The minimum Gasteiger partial charge on any atom is -0.494 e. The van der Waals surface area contributed by atoms with Crippen LogP contribution in [-0.4, -0.2) is 65.1 Å². The number of pyridine rings is 2. The standard InChI is InChI=1S/C53H52N4O10S/c1-6-38-39-27-36(65-25-13-24-54-48(59)47(58)52(3,4)5)20-23-43(39)55-46-40(38)30-56-44(46)28-42-41(49(56)60)31-66-51(62)53(42,7-2)67-50(61)45-26-34-16-11-12-17-35(34)29-57(45)68(63,64)37-21-18-33(19-22-37)32-14-9-8-10-15-32/h8-12,14-23,27-28,45H,6-7,13,24-26,29-31H2,1-5H3,(H,54,59)/t45-,53+/m1/s1. The van der Waals surface area contributed by atoms with E-state index in [1.54, 1.807) is 56.5 Å². The fourth-order valence-electron chi connectivity index (χ4n) is 9.45. The molecule has 14 nitrogen and oxygen atoms in total. The second kappa shape index (κ2) is 17.9. The summed E-state index contributed by atoms with van der Waals surface area (Å²) in [6.45, 7) is 9.08. The van der Waals surface area contributed by atoms with Crippen LogP contribution in [0.4, 0.5) is 0 Å². The summed E-state index contributed by atoms with van der Waals surface area (Å²) < 4.78 is 50.0.